The third-order valence-electron chi connectivity index (χ3n) is 5.88. The van der Waals surface area contributed by atoms with Crippen molar-refractivity contribution in [1.29, 1.82) is 0 Å². The standard InChI is InChI=1S/C18H30N2O4/c1-17(2,3)23-15(21)19-10-7-13(8-11-19)20-14-6-4-5-9-18(14)12-22-16(20)24-18/h13-14,16H,4-12H2,1-3H3/t14-,16?,18+/m0/s1. The summed E-state index contributed by atoms with van der Waals surface area (Å²) in [5, 5.41) is 0. The van der Waals surface area contributed by atoms with E-state index in [4.69, 9.17) is 14.2 Å². The average Bonchev–Trinajstić information content (AvgIpc) is 3.08. The number of nitrogens with zero attached hydrogens (tertiary/aromatic N) is 2. The fraction of sp³-hybridized carbons (Fsp3) is 0.944. The molecule has 24 heavy (non-hydrogen) atoms. The van der Waals surface area contributed by atoms with Crippen LogP contribution in [0.25, 0.3) is 0 Å². The van der Waals surface area contributed by atoms with E-state index in [0.29, 0.717) is 12.1 Å². The van der Waals surface area contributed by atoms with Crippen LogP contribution in [0.2, 0.25) is 0 Å². The molecule has 3 aliphatic heterocycles. The molecule has 6 nitrogen and oxygen atoms in total. The molecule has 0 N–H and O–H groups in total. The number of likely N-dealkylation sites (tertiary alicyclic amines) is 1. The summed E-state index contributed by atoms with van der Waals surface area (Å²) in [6.45, 7) is 8.00. The molecule has 1 unspecified atom stereocenters. The van der Waals surface area contributed by atoms with Gasteiger partial charge in [-0.3, -0.25) is 0 Å². The van der Waals surface area contributed by atoms with Gasteiger partial charge in [0, 0.05) is 25.2 Å². The third kappa shape index (κ3) is 2.82. The van der Waals surface area contributed by atoms with Crippen LogP contribution in [-0.4, -0.2) is 65.3 Å². The molecule has 1 spiro atoms. The van der Waals surface area contributed by atoms with Gasteiger partial charge in [0.05, 0.1) is 6.61 Å². The molecule has 3 saturated heterocycles. The zero-order valence-corrected chi connectivity index (χ0v) is 15.1. The van der Waals surface area contributed by atoms with Gasteiger partial charge in [-0.1, -0.05) is 12.8 Å². The largest absolute Gasteiger partial charge is 0.444 e. The van der Waals surface area contributed by atoms with E-state index in [-0.39, 0.29) is 18.1 Å². The van der Waals surface area contributed by atoms with Crippen molar-refractivity contribution in [2.45, 2.75) is 89.0 Å². The number of amides is 1. The Morgan fingerprint density at radius 2 is 1.92 bits per heavy atom. The zero-order chi connectivity index (χ0) is 16.9. The topological polar surface area (TPSA) is 51.2 Å². The highest BCUT2D eigenvalue weighted by Crippen LogP contribution is 2.49. The number of carbonyl (C=O) groups excluding carboxylic acids is 1. The number of fused-ring (bicyclic) bond motifs is 1. The van der Waals surface area contributed by atoms with E-state index in [2.05, 4.69) is 4.90 Å². The van der Waals surface area contributed by atoms with Gasteiger partial charge < -0.3 is 19.1 Å². The molecule has 6 heteroatoms. The van der Waals surface area contributed by atoms with Crippen LogP contribution in [0.5, 0.6) is 0 Å². The number of hydrogen-bond acceptors (Lipinski definition) is 5. The van der Waals surface area contributed by atoms with Gasteiger partial charge >= 0.3 is 6.09 Å². The van der Waals surface area contributed by atoms with E-state index in [0.717, 1.165) is 39.0 Å². The Balaban J connectivity index is 1.37. The van der Waals surface area contributed by atoms with E-state index in [9.17, 15) is 4.79 Å². The lowest BCUT2D eigenvalue weighted by Crippen LogP contribution is -2.59. The van der Waals surface area contributed by atoms with Gasteiger partial charge in [0.2, 0.25) is 6.41 Å². The van der Waals surface area contributed by atoms with Gasteiger partial charge in [-0.2, -0.15) is 0 Å². The number of ether oxygens (including phenoxy) is 3. The van der Waals surface area contributed by atoms with Gasteiger partial charge in [-0.25, -0.2) is 9.69 Å². The first kappa shape index (κ1) is 16.6. The van der Waals surface area contributed by atoms with Crippen LogP contribution in [0.15, 0.2) is 0 Å². The van der Waals surface area contributed by atoms with Gasteiger partial charge in [-0.05, 0) is 46.5 Å². The number of piperidine rings is 1. The van der Waals surface area contributed by atoms with E-state index >= 15 is 0 Å². The molecule has 3 heterocycles. The fourth-order valence-corrected chi connectivity index (χ4v) is 4.79. The van der Waals surface area contributed by atoms with E-state index in [1.165, 1.54) is 19.3 Å². The molecule has 2 bridgehead atoms. The highest BCUT2D eigenvalue weighted by Gasteiger charge is 2.61. The van der Waals surface area contributed by atoms with Crippen molar-refractivity contribution >= 4 is 6.09 Å². The normalized spacial score (nSPS) is 37.5. The van der Waals surface area contributed by atoms with Gasteiger partial charge in [0.15, 0.2) is 0 Å². The molecular formula is C18H30N2O4. The summed E-state index contributed by atoms with van der Waals surface area (Å²) >= 11 is 0. The Hall–Kier alpha value is -0.850. The first-order valence-corrected chi connectivity index (χ1v) is 9.43. The number of carbonyl (C=O) groups is 1. The second-order valence-electron chi connectivity index (χ2n) is 8.71. The lowest BCUT2D eigenvalue weighted by molar-refractivity contribution is -0.149. The minimum absolute atomic E-state index is 0.0504. The molecule has 1 saturated carbocycles. The molecule has 1 amide bonds. The quantitative estimate of drug-likeness (QED) is 0.736. The van der Waals surface area contributed by atoms with E-state index in [1.54, 1.807) is 0 Å². The smallest absolute Gasteiger partial charge is 0.410 e. The molecule has 0 aromatic carbocycles. The predicted molar refractivity (Wildman–Crippen MR) is 88.5 cm³/mol. The molecule has 0 aromatic rings. The van der Waals surface area contributed by atoms with Gasteiger partial charge in [0.1, 0.15) is 11.2 Å². The lowest BCUT2D eigenvalue weighted by atomic mass is 9.79. The van der Waals surface area contributed by atoms with Crippen LogP contribution in [0.1, 0.15) is 59.3 Å². The Kier molecular flexibility index (Phi) is 4.05. The van der Waals surface area contributed by atoms with Crippen LogP contribution in [0.3, 0.4) is 0 Å². The van der Waals surface area contributed by atoms with Crippen LogP contribution >= 0.6 is 0 Å². The summed E-state index contributed by atoms with van der Waals surface area (Å²) in [6, 6.07) is 0.946. The maximum Gasteiger partial charge on any atom is 0.410 e. The predicted octanol–water partition coefficient (Wildman–Crippen LogP) is 2.71. The molecular weight excluding hydrogens is 308 g/mol. The fourth-order valence-electron chi connectivity index (χ4n) is 4.79. The highest BCUT2D eigenvalue weighted by molar-refractivity contribution is 5.68. The second-order valence-corrected chi connectivity index (χ2v) is 8.71. The minimum Gasteiger partial charge on any atom is -0.444 e. The van der Waals surface area contributed by atoms with E-state index in [1.807, 2.05) is 25.7 Å². The maximum absolute atomic E-state index is 12.2. The van der Waals surface area contributed by atoms with Gasteiger partial charge in [-0.15, -0.1) is 0 Å². The van der Waals surface area contributed by atoms with Crippen molar-refractivity contribution in [3.8, 4) is 0 Å². The highest BCUT2D eigenvalue weighted by atomic mass is 16.8. The van der Waals surface area contributed by atoms with Crippen LogP contribution in [0, 0.1) is 0 Å². The monoisotopic (exact) mass is 338 g/mol. The lowest BCUT2D eigenvalue weighted by Gasteiger charge is -2.46. The number of hydrogen-bond donors (Lipinski definition) is 0. The first-order valence-electron chi connectivity index (χ1n) is 9.43. The molecule has 4 aliphatic rings. The molecule has 0 radical (unpaired) electrons. The van der Waals surface area contributed by atoms with Crippen molar-refractivity contribution in [3.63, 3.8) is 0 Å². The average molecular weight is 338 g/mol. The summed E-state index contributed by atoms with van der Waals surface area (Å²) in [4.78, 5) is 16.6. The second kappa shape index (κ2) is 5.85. The summed E-state index contributed by atoms with van der Waals surface area (Å²) in [7, 11) is 0. The SMILES string of the molecule is CC(C)(C)OC(=O)N1CCC(N2C3OC[C@@]4(CCCC[C@H]24)O3)CC1. The summed E-state index contributed by atoms with van der Waals surface area (Å²) in [5.41, 5.74) is -0.483. The molecule has 4 rings (SSSR count). The summed E-state index contributed by atoms with van der Waals surface area (Å²) < 4.78 is 17.7. The minimum atomic E-state index is -0.432. The molecule has 3 atom stereocenters. The molecule has 136 valence electrons. The number of rotatable bonds is 1. The van der Waals surface area contributed by atoms with Crippen molar-refractivity contribution in [2.75, 3.05) is 19.7 Å². The van der Waals surface area contributed by atoms with Crippen LogP contribution < -0.4 is 0 Å². The molecule has 1 aliphatic carbocycles. The van der Waals surface area contributed by atoms with E-state index < -0.39 is 5.60 Å². The maximum atomic E-state index is 12.2. The Morgan fingerprint density at radius 1 is 1.17 bits per heavy atom. The van der Waals surface area contributed by atoms with Gasteiger partial charge in [0.25, 0.3) is 0 Å². The zero-order valence-electron chi connectivity index (χ0n) is 15.1. The van der Waals surface area contributed by atoms with Crippen molar-refractivity contribution in [3.05, 3.63) is 0 Å². The molecule has 4 fully saturated rings. The first-order chi connectivity index (χ1) is 11.4. The van der Waals surface area contributed by atoms with Crippen molar-refractivity contribution < 1.29 is 19.0 Å². The van der Waals surface area contributed by atoms with Crippen molar-refractivity contribution in [1.82, 2.24) is 9.80 Å². The van der Waals surface area contributed by atoms with Crippen LogP contribution in [-0.2, 0) is 14.2 Å². The summed E-state index contributed by atoms with van der Waals surface area (Å²) in [6.07, 6.45) is 6.46. The van der Waals surface area contributed by atoms with Crippen molar-refractivity contribution in [2.24, 2.45) is 0 Å². The van der Waals surface area contributed by atoms with Crippen LogP contribution in [0.4, 0.5) is 4.79 Å². The Labute approximate surface area is 144 Å². The Bertz CT molecular complexity index is 498. The third-order valence-corrected chi connectivity index (χ3v) is 5.88. The Morgan fingerprint density at radius 3 is 2.62 bits per heavy atom. The summed E-state index contributed by atoms with van der Waals surface area (Å²) in [5.74, 6) is 0. The molecule has 0 aromatic heterocycles.